The van der Waals surface area contributed by atoms with Gasteiger partial charge in [0.1, 0.15) is 0 Å². The van der Waals surface area contributed by atoms with E-state index in [-0.39, 0.29) is 5.91 Å². The van der Waals surface area contributed by atoms with Gasteiger partial charge in [-0.05, 0) is 36.8 Å². The fraction of sp³-hybridized carbons (Fsp3) is 0.217. The lowest BCUT2D eigenvalue weighted by Gasteiger charge is -2.30. The van der Waals surface area contributed by atoms with Crippen molar-refractivity contribution in [3.05, 3.63) is 78.1 Å². The van der Waals surface area contributed by atoms with Gasteiger partial charge in [-0.1, -0.05) is 30.3 Å². The van der Waals surface area contributed by atoms with Gasteiger partial charge in [-0.2, -0.15) is 0 Å². The van der Waals surface area contributed by atoms with Crippen molar-refractivity contribution in [2.24, 2.45) is 0 Å². The van der Waals surface area contributed by atoms with E-state index in [0.717, 1.165) is 41.4 Å². The van der Waals surface area contributed by atoms with Gasteiger partial charge in [0.15, 0.2) is 0 Å². The van der Waals surface area contributed by atoms with E-state index in [9.17, 15) is 4.79 Å². The second kappa shape index (κ2) is 8.75. The summed E-state index contributed by atoms with van der Waals surface area (Å²) in [5.41, 5.74) is 5.18. The molecule has 0 spiro atoms. The van der Waals surface area contributed by atoms with Crippen LogP contribution in [0, 0.1) is 6.92 Å². The van der Waals surface area contributed by atoms with Crippen LogP contribution >= 0.6 is 0 Å². The van der Waals surface area contributed by atoms with Crippen molar-refractivity contribution in [1.29, 1.82) is 0 Å². The number of benzene rings is 2. The van der Waals surface area contributed by atoms with Gasteiger partial charge >= 0.3 is 0 Å². The summed E-state index contributed by atoms with van der Waals surface area (Å²) in [4.78, 5) is 19.4. The van der Waals surface area contributed by atoms with Crippen molar-refractivity contribution in [3.63, 3.8) is 0 Å². The molecule has 3 aromatic rings. The lowest BCUT2D eigenvalue weighted by atomic mass is 10.2. The molecule has 1 aliphatic rings. The highest BCUT2D eigenvalue weighted by atomic mass is 16.5. The van der Waals surface area contributed by atoms with Crippen molar-refractivity contribution in [2.45, 2.75) is 6.92 Å². The van der Waals surface area contributed by atoms with Gasteiger partial charge < -0.3 is 20.3 Å². The van der Waals surface area contributed by atoms with Crippen LogP contribution in [0.5, 0.6) is 0 Å². The first-order valence-corrected chi connectivity index (χ1v) is 9.71. The number of carbonyl (C=O) groups is 1. The lowest BCUT2D eigenvalue weighted by Crippen LogP contribution is -2.36. The molecule has 1 aliphatic heterocycles. The second-order valence-electron chi connectivity index (χ2n) is 6.97. The molecule has 2 aromatic carbocycles. The fourth-order valence-electron chi connectivity index (χ4n) is 3.35. The molecule has 1 amide bonds. The number of rotatable bonds is 5. The van der Waals surface area contributed by atoms with Crippen molar-refractivity contribution in [1.82, 2.24) is 4.98 Å². The van der Waals surface area contributed by atoms with Gasteiger partial charge in [0.2, 0.25) is 0 Å². The average Bonchev–Trinajstić information content (AvgIpc) is 2.76. The Bertz CT molecular complexity index is 999. The molecule has 0 aliphatic carbocycles. The molecule has 1 aromatic heterocycles. The standard InChI is InChI=1S/C23H24N4O2/c1-17-6-2-3-7-20(17)25-19-14-18(15-24-16-19)23(28)26-21-8-4-5-9-22(21)27-10-12-29-13-11-27/h2-9,14-16,25H,10-13H2,1H3,(H,26,28). The molecule has 6 heteroatoms. The predicted molar refractivity (Wildman–Crippen MR) is 116 cm³/mol. The number of anilines is 4. The van der Waals surface area contributed by atoms with Gasteiger partial charge in [-0.15, -0.1) is 0 Å². The summed E-state index contributed by atoms with van der Waals surface area (Å²) >= 11 is 0. The van der Waals surface area contributed by atoms with Crippen LogP contribution in [0.1, 0.15) is 15.9 Å². The molecule has 1 saturated heterocycles. The van der Waals surface area contributed by atoms with E-state index < -0.39 is 0 Å². The monoisotopic (exact) mass is 388 g/mol. The molecule has 4 rings (SSSR count). The number of nitrogens with one attached hydrogen (secondary N) is 2. The summed E-state index contributed by atoms with van der Waals surface area (Å²) in [7, 11) is 0. The van der Waals surface area contributed by atoms with E-state index >= 15 is 0 Å². The molecule has 0 bridgehead atoms. The first kappa shape index (κ1) is 19.0. The maximum absolute atomic E-state index is 12.9. The lowest BCUT2D eigenvalue weighted by molar-refractivity contribution is 0.102. The van der Waals surface area contributed by atoms with Gasteiger partial charge in [-0.25, -0.2) is 0 Å². The Balaban J connectivity index is 1.52. The predicted octanol–water partition coefficient (Wildman–Crippen LogP) is 4.22. The average molecular weight is 388 g/mol. The van der Waals surface area contributed by atoms with Crippen LogP contribution in [-0.4, -0.2) is 37.2 Å². The van der Waals surface area contributed by atoms with Crippen LogP contribution in [0.25, 0.3) is 0 Å². The Morgan fingerprint density at radius 1 is 1.00 bits per heavy atom. The summed E-state index contributed by atoms with van der Waals surface area (Å²) < 4.78 is 5.44. The van der Waals surface area contributed by atoms with Gasteiger partial charge in [0, 0.05) is 25.0 Å². The van der Waals surface area contributed by atoms with E-state index in [2.05, 4.69) is 20.5 Å². The number of nitrogens with zero attached hydrogens (tertiary/aromatic N) is 2. The smallest absolute Gasteiger partial charge is 0.257 e. The topological polar surface area (TPSA) is 66.5 Å². The van der Waals surface area contributed by atoms with E-state index in [1.165, 1.54) is 0 Å². The quantitative estimate of drug-likeness (QED) is 0.685. The first-order valence-electron chi connectivity index (χ1n) is 9.71. The summed E-state index contributed by atoms with van der Waals surface area (Å²) in [6, 6.07) is 17.7. The maximum atomic E-state index is 12.9. The second-order valence-corrected chi connectivity index (χ2v) is 6.97. The zero-order valence-corrected chi connectivity index (χ0v) is 16.4. The molecule has 2 heterocycles. The summed E-state index contributed by atoms with van der Waals surface area (Å²) in [5.74, 6) is -0.188. The number of carbonyl (C=O) groups excluding carboxylic acids is 1. The highest BCUT2D eigenvalue weighted by Crippen LogP contribution is 2.27. The molecule has 29 heavy (non-hydrogen) atoms. The number of hydrogen-bond donors (Lipinski definition) is 2. The summed E-state index contributed by atoms with van der Waals surface area (Å²) in [6.45, 7) is 5.04. The highest BCUT2D eigenvalue weighted by Gasteiger charge is 2.16. The van der Waals surface area contributed by atoms with Gasteiger partial charge in [0.05, 0.1) is 42.0 Å². The minimum absolute atomic E-state index is 0.188. The van der Waals surface area contributed by atoms with E-state index in [1.807, 2.05) is 61.5 Å². The maximum Gasteiger partial charge on any atom is 0.257 e. The van der Waals surface area contributed by atoms with Crippen LogP contribution in [0.15, 0.2) is 67.0 Å². The number of para-hydroxylation sites is 3. The zero-order chi connectivity index (χ0) is 20.1. The third kappa shape index (κ3) is 4.55. The van der Waals surface area contributed by atoms with E-state index in [4.69, 9.17) is 4.74 Å². The van der Waals surface area contributed by atoms with Crippen LogP contribution in [0.4, 0.5) is 22.7 Å². The Morgan fingerprint density at radius 2 is 1.72 bits per heavy atom. The van der Waals surface area contributed by atoms with Crippen molar-refractivity contribution < 1.29 is 9.53 Å². The third-order valence-electron chi connectivity index (χ3n) is 4.93. The number of hydrogen-bond acceptors (Lipinski definition) is 5. The third-order valence-corrected chi connectivity index (χ3v) is 4.93. The van der Waals surface area contributed by atoms with Crippen LogP contribution in [-0.2, 0) is 4.74 Å². The molecule has 0 unspecified atom stereocenters. The van der Waals surface area contributed by atoms with Gasteiger partial charge in [-0.3, -0.25) is 9.78 Å². The fourth-order valence-corrected chi connectivity index (χ4v) is 3.35. The summed E-state index contributed by atoms with van der Waals surface area (Å²) in [6.07, 6.45) is 3.29. The molecule has 6 nitrogen and oxygen atoms in total. The number of aromatic nitrogens is 1. The van der Waals surface area contributed by atoms with Crippen LogP contribution < -0.4 is 15.5 Å². The number of amides is 1. The Kier molecular flexibility index (Phi) is 5.72. The normalized spacial score (nSPS) is 13.8. The number of pyridine rings is 1. The largest absolute Gasteiger partial charge is 0.378 e. The SMILES string of the molecule is Cc1ccccc1Nc1cncc(C(=O)Nc2ccccc2N2CCOCC2)c1. The molecule has 1 fully saturated rings. The number of ether oxygens (including phenoxy) is 1. The van der Waals surface area contributed by atoms with E-state index in [1.54, 1.807) is 12.4 Å². The van der Waals surface area contributed by atoms with Crippen molar-refractivity contribution >= 4 is 28.7 Å². The van der Waals surface area contributed by atoms with Crippen LogP contribution in [0.3, 0.4) is 0 Å². The van der Waals surface area contributed by atoms with Crippen molar-refractivity contribution in [3.8, 4) is 0 Å². The Labute approximate surface area is 170 Å². The van der Waals surface area contributed by atoms with Crippen LogP contribution in [0.2, 0.25) is 0 Å². The van der Waals surface area contributed by atoms with E-state index in [0.29, 0.717) is 18.8 Å². The minimum atomic E-state index is -0.188. The molecule has 0 saturated carbocycles. The molecule has 0 atom stereocenters. The highest BCUT2D eigenvalue weighted by molar-refractivity contribution is 6.06. The molecular formula is C23H24N4O2. The molecule has 0 radical (unpaired) electrons. The minimum Gasteiger partial charge on any atom is -0.378 e. The first-order chi connectivity index (χ1) is 14.2. The molecule has 148 valence electrons. The number of morpholine rings is 1. The Hall–Kier alpha value is -3.38. The van der Waals surface area contributed by atoms with Crippen molar-refractivity contribution in [2.75, 3.05) is 41.8 Å². The van der Waals surface area contributed by atoms with Gasteiger partial charge in [0.25, 0.3) is 5.91 Å². The number of aryl methyl sites for hydroxylation is 1. The molecule has 2 N–H and O–H groups in total. The zero-order valence-electron chi connectivity index (χ0n) is 16.4. The summed E-state index contributed by atoms with van der Waals surface area (Å²) in [5, 5.41) is 6.37. The Morgan fingerprint density at radius 3 is 2.52 bits per heavy atom. The molecular weight excluding hydrogens is 364 g/mol.